The molecule has 0 bridgehead atoms. The summed E-state index contributed by atoms with van der Waals surface area (Å²) in [6, 6.07) is 14.1. The first-order valence-corrected chi connectivity index (χ1v) is 9.61. The van der Waals surface area contributed by atoms with Gasteiger partial charge in [0.2, 0.25) is 0 Å². The molecule has 26 heavy (non-hydrogen) atoms. The van der Waals surface area contributed by atoms with E-state index in [0.717, 1.165) is 24.1 Å². The fraction of sp³-hybridized carbons (Fsp3) is 0.300. The van der Waals surface area contributed by atoms with Crippen LogP contribution in [-0.2, 0) is 0 Å². The Kier molecular flexibility index (Phi) is 7.81. The first kappa shape index (κ1) is 20.1. The summed E-state index contributed by atoms with van der Waals surface area (Å²) in [6.45, 7) is 7.96. The van der Waals surface area contributed by atoms with Crippen molar-refractivity contribution in [3.63, 3.8) is 0 Å². The van der Waals surface area contributed by atoms with Gasteiger partial charge in [-0.1, -0.05) is 22.0 Å². The summed E-state index contributed by atoms with van der Waals surface area (Å²) in [5.41, 5.74) is 1.80. The highest BCUT2D eigenvalue weighted by molar-refractivity contribution is 9.10. The summed E-state index contributed by atoms with van der Waals surface area (Å²) < 4.78 is 0.851. The lowest BCUT2D eigenvalue weighted by atomic mass is 10.1. The Morgan fingerprint density at radius 3 is 2.27 bits per heavy atom. The molecule has 2 amide bonds. The monoisotopic (exact) mass is 418 g/mol. The Balaban J connectivity index is 1.89. The number of benzene rings is 2. The summed E-state index contributed by atoms with van der Waals surface area (Å²) in [5.74, 6) is -0.285. The first-order chi connectivity index (χ1) is 12.5. The second-order valence-electron chi connectivity index (χ2n) is 6.00. The van der Waals surface area contributed by atoms with Crippen LogP contribution in [0, 0.1) is 0 Å². The largest absolute Gasteiger partial charge is 0.346 e. The average Bonchev–Trinajstić information content (AvgIpc) is 2.65. The number of anilines is 1. The van der Waals surface area contributed by atoms with E-state index in [-0.39, 0.29) is 11.8 Å². The molecule has 138 valence electrons. The molecule has 3 N–H and O–H groups in total. The topological polar surface area (TPSA) is 62.6 Å². The molecule has 6 heteroatoms. The zero-order chi connectivity index (χ0) is 18.9. The minimum Gasteiger partial charge on any atom is -0.346 e. The lowest BCUT2D eigenvalue weighted by Crippen LogP contribution is -3.12. The molecule has 0 aliphatic heterocycles. The highest BCUT2D eigenvalue weighted by Gasteiger charge is 2.09. The molecule has 0 heterocycles. The average molecular weight is 419 g/mol. The number of hydrogen-bond acceptors (Lipinski definition) is 2. The van der Waals surface area contributed by atoms with Crippen molar-refractivity contribution in [2.75, 3.05) is 31.5 Å². The number of amides is 2. The molecule has 0 aliphatic rings. The second kappa shape index (κ2) is 10.1. The highest BCUT2D eigenvalue weighted by Crippen LogP contribution is 2.15. The summed E-state index contributed by atoms with van der Waals surface area (Å²) in [5, 5.41) is 5.77. The van der Waals surface area contributed by atoms with Crippen molar-refractivity contribution in [3.05, 3.63) is 64.1 Å². The number of rotatable bonds is 8. The van der Waals surface area contributed by atoms with Crippen molar-refractivity contribution in [2.45, 2.75) is 13.8 Å². The van der Waals surface area contributed by atoms with Crippen molar-refractivity contribution in [1.29, 1.82) is 0 Å². The molecule has 2 rings (SSSR count). The maximum atomic E-state index is 12.2. The SMILES string of the molecule is CC[NH+](CC)CCNC(=O)c1ccc(NC(=O)c2cccc(Br)c2)cc1. The molecule has 0 unspecified atom stereocenters. The van der Waals surface area contributed by atoms with E-state index in [0.29, 0.717) is 23.4 Å². The Morgan fingerprint density at radius 2 is 1.65 bits per heavy atom. The molecular formula is C20H25BrN3O2+. The van der Waals surface area contributed by atoms with Gasteiger partial charge in [-0.3, -0.25) is 9.59 Å². The minimum absolute atomic E-state index is 0.0959. The van der Waals surface area contributed by atoms with Crippen LogP contribution in [0.15, 0.2) is 53.0 Å². The molecular weight excluding hydrogens is 394 g/mol. The van der Waals surface area contributed by atoms with Crippen LogP contribution in [-0.4, -0.2) is 38.0 Å². The van der Waals surface area contributed by atoms with Crippen molar-refractivity contribution >= 4 is 33.4 Å². The van der Waals surface area contributed by atoms with Gasteiger partial charge in [-0.05, 0) is 56.3 Å². The van der Waals surface area contributed by atoms with E-state index in [1.54, 1.807) is 36.4 Å². The van der Waals surface area contributed by atoms with E-state index in [1.165, 1.54) is 4.90 Å². The standard InChI is InChI=1S/C20H24BrN3O2/c1-3-24(4-2)13-12-22-19(25)15-8-10-18(11-9-15)23-20(26)16-6-5-7-17(21)14-16/h5-11,14H,3-4,12-13H2,1-2H3,(H,22,25)(H,23,26)/p+1. The Bertz CT molecular complexity index is 743. The lowest BCUT2D eigenvalue weighted by molar-refractivity contribution is -0.895. The molecule has 0 spiro atoms. The highest BCUT2D eigenvalue weighted by atomic mass is 79.9. The Morgan fingerprint density at radius 1 is 0.962 bits per heavy atom. The van der Waals surface area contributed by atoms with Gasteiger partial charge >= 0.3 is 0 Å². The van der Waals surface area contributed by atoms with Crippen LogP contribution in [0.3, 0.4) is 0 Å². The van der Waals surface area contributed by atoms with Crippen LogP contribution in [0.25, 0.3) is 0 Å². The van der Waals surface area contributed by atoms with Gasteiger partial charge in [0.15, 0.2) is 0 Å². The van der Waals surface area contributed by atoms with Gasteiger partial charge < -0.3 is 15.5 Å². The molecule has 0 saturated carbocycles. The number of likely N-dealkylation sites (N-methyl/N-ethyl adjacent to an activating group) is 1. The maximum Gasteiger partial charge on any atom is 0.255 e. The van der Waals surface area contributed by atoms with Gasteiger partial charge in [-0.25, -0.2) is 0 Å². The zero-order valence-corrected chi connectivity index (χ0v) is 16.7. The number of halogens is 1. The molecule has 0 aromatic heterocycles. The van der Waals surface area contributed by atoms with Gasteiger partial charge in [0, 0.05) is 21.3 Å². The van der Waals surface area contributed by atoms with Gasteiger partial charge in [0.1, 0.15) is 0 Å². The van der Waals surface area contributed by atoms with Gasteiger partial charge in [0.25, 0.3) is 11.8 Å². The normalized spacial score (nSPS) is 10.6. The van der Waals surface area contributed by atoms with Crippen LogP contribution >= 0.6 is 15.9 Å². The van der Waals surface area contributed by atoms with Crippen LogP contribution in [0.1, 0.15) is 34.6 Å². The van der Waals surface area contributed by atoms with E-state index in [9.17, 15) is 9.59 Å². The Labute approximate surface area is 162 Å². The van der Waals surface area contributed by atoms with E-state index < -0.39 is 0 Å². The van der Waals surface area contributed by atoms with Crippen LogP contribution < -0.4 is 15.5 Å². The van der Waals surface area contributed by atoms with Gasteiger partial charge in [0.05, 0.1) is 26.2 Å². The van der Waals surface area contributed by atoms with Crippen LogP contribution in [0.5, 0.6) is 0 Å². The molecule has 0 aliphatic carbocycles. The van der Waals surface area contributed by atoms with Crippen LogP contribution in [0.2, 0.25) is 0 Å². The van der Waals surface area contributed by atoms with Crippen molar-refractivity contribution in [3.8, 4) is 0 Å². The quantitative estimate of drug-likeness (QED) is 0.615. The summed E-state index contributed by atoms with van der Waals surface area (Å²) >= 11 is 3.35. The molecule has 2 aromatic carbocycles. The number of hydrogen-bond donors (Lipinski definition) is 3. The third kappa shape index (κ3) is 5.97. The smallest absolute Gasteiger partial charge is 0.255 e. The fourth-order valence-electron chi connectivity index (χ4n) is 2.60. The zero-order valence-electron chi connectivity index (χ0n) is 15.1. The minimum atomic E-state index is -0.189. The molecule has 0 radical (unpaired) electrons. The van der Waals surface area contributed by atoms with E-state index in [1.807, 2.05) is 12.1 Å². The lowest BCUT2D eigenvalue weighted by Gasteiger charge is -2.15. The molecule has 0 fully saturated rings. The summed E-state index contributed by atoms with van der Waals surface area (Å²) in [7, 11) is 0. The molecule has 0 saturated heterocycles. The van der Waals surface area contributed by atoms with Crippen molar-refractivity contribution in [2.24, 2.45) is 0 Å². The van der Waals surface area contributed by atoms with E-state index >= 15 is 0 Å². The number of quaternary nitrogens is 1. The van der Waals surface area contributed by atoms with Gasteiger partial charge in [-0.2, -0.15) is 0 Å². The molecule has 2 aromatic rings. The van der Waals surface area contributed by atoms with Crippen molar-refractivity contribution < 1.29 is 14.5 Å². The third-order valence-electron chi connectivity index (χ3n) is 4.26. The van der Waals surface area contributed by atoms with Crippen molar-refractivity contribution in [1.82, 2.24) is 5.32 Å². The maximum absolute atomic E-state index is 12.2. The number of carbonyl (C=O) groups excluding carboxylic acids is 2. The van der Waals surface area contributed by atoms with Crippen LogP contribution in [0.4, 0.5) is 5.69 Å². The first-order valence-electron chi connectivity index (χ1n) is 8.82. The Hall–Kier alpha value is -2.18. The van der Waals surface area contributed by atoms with Gasteiger partial charge in [-0.15, -0.1) is 0 Å². The van der Waals surface area contributed by atoms with E-state index in [4.69, 9.17) is 0 Å². The molecule has 5 nitrogen and oxygen atoms in total. The number of nitrogens with one attached hydrogen (secondary N) is 3. The molecule has 0 atom stereocenters. The fourth-order valence-corrected chi connectivity index (χ4v) is 3.00. The predicted octanol–water partition coefficient (Wildman–Crippen LogP) is 2.36. The number of carbonyl (C=O) groups is 2. The summed E-state index contributed by atoms with van der Waals surface area (Å²) in [4.78, 5) is 25.9. The summed E-state index contributed by atoms with van der Waals surface area (Å²) in [6.07, 6.45) is 0. The predicted molar refractivity (Wildman–Crippen MR) is 108 cm³/mol. The van der Waals surface area contributed by atoms with E-state index in [2.05, 4.69) is 40.4 Å². The second-order valence-corrected chi connectivity index (χ2v) is 6.92. The third-order valence-corrected chi connectivity index (χ3v) is 4.75.